The smallest absolute Gasteiger partial charge is 0.298 e. The van der Waals surface area contributed by atoms with Crippen LogP contribution in [0.5, 0.6) is 5.75 Å². The average Bonchev–Trinajstić information content (AvgIpc) is 2.81. The summed E-state index contributed by atoms with van der Waals surface area (Å²) in [6.07, 6.45) is 8.86. The number of aryl methyl sites for hydroxylation is 1. The van der Waals surface area contributed by atoms with E-state index in [2.05, 4.69) is 54.8 Å². The molecule has 4 nitrogen and oxygen atoms in total. The van der Waals surface area contributed by atoms with Crippen molar-refractivity contribution >= 4 is 12.2 Å². The van der Waals surface area contributed by atoms with Gasteiger partial charge >= 0.3 is 0 Å². The van der Waals surface area contributed by atoms with Gasteiger partial charge in [0.05, 0.1) is 5.69 Å². The summed E-state index contributed by atoms with van der Waals surface area (Å²) in [5.74, 6) is 1.90. The van der Waals surface area contributed by atoms with Crippen LogP contribution in [0.1, 0.15) is 80.9 Å². The standard InChI is InChI=1S/C14H19NO2.C13H21N/c1-15-13-8-7-12(9-14(13)17-10-16)11-5-3-2-4-6-11;1-11(2)13-8-6-12(7-9-13)5-4-10-14-3/h7-11,15H,2-6H2,1H3;6-9,11,14H,4-5,10H2,1-3H3. The van der Waals surface area contributed by atoms with Crippen LogP contribution < -0.4 is 15.4 Å². The Bertz CT molecular complexity index is 765. The SMILES string of the molecule is CNCCCc1ccc(C(C)C)cc1.CNc1ccc(C2CCCCC2)cc1OC=O. The maximum Gasteiger partial charge on any atom is 0.298 e. The number of carbonyl (C=O) groups excluding carboxylic acids is 1. The molecule has 0 bridgehead atoms. The van der Waals surface area contributed by atoms with Crippen LogP contribution in [0.2, 0.25) is 0 Å². The Balaban J connectivity index is 0.000000225. The second-order valence-corrected chi connectivity index (χ2v) is 8.66. The van der Waals surface area contributed by atoms with Crippen molar-refractivity contribution in [3.63, 3.8) is 0 Å². The highest BCUT2D eigenvalue weighted by Gasteiger charge is 2.17. The van der Waals surface area contributed by atoms with E-state index in [0.29, 0.717) is 24.1 Å². The van der Waals surface area contributed by atoms with Gasteiger partial charge in [-0.3, -0.25) is 4.79 Å². The van der Waals surface area contributed by atoms with Crippen molar-refractivity contribution in [2.24, 2.45) is 0 Å². The molecule has 2 aromatic carbocycles. The summed E-state index contributed by atoms with van der Waals surface area (Å²) < 4.78 is 5.02. The molecule has 0 unspecified atom stereocenters. The molecule has 0 aliphatic heterocycles. The highest BCUT2D eigenvalue weighted by molar-refractivity contribution is 5.62. The van der Waals surface area contributed by atoms with Crippen LogP contribution in [0.15, 0.2) is 42.5 Å². The minimum absolute atomic E-state index is 0.487. The lowest BCUT2D eigenvalue weighted by Gasteiger charge is -2.22. The predicted octanol–water partition coefficient (Wildman–Crippen LogP) is 6.27. The summed E-state index contributed by atoms with van der Waals surface area (Å²) in [7, 11) is 3.83. The Hall–Kier alpha value is -2.33. The lowest BCUT2D eigenvalue weighted by Crippen LogP contribution is -2.08. The quantitative estimate of drug-likeness (QED) is 0.368. The van der Waals surface area contributed by atoms with Crippen LogP contribution in [0.3, 0.4) is 0 Å². The molecule has 0 aromatic heterocycles. The molecular weight excluding hydrogens is 384 g/mol. The topological polar surface area (TPSA) is 50.4 Å². The number of rotatable bonds is 9. The van der Waals surface area contributed by atoms with Crippen molar-refractivity contribution in [3.8, 4) is 5.75 Å². The zero-order chi connectivity index (χ0) is 22.5. The van der Waals surface area contributed by atoms with Crippen molar-refractivity contribution < 1.29 is 9.53 Å². The molecule has 2 N–H and O–H groups in total. The number of hydrogen-bond donors (Lipinski definition) is 2. The number of hydrogen-bond acceptors (Lipinski definition) is 4. The number of benzene rings is 2. The fourth-order valence-electron chi connectivity index (χ4n) is 4.12. The zero-order valence-electron chi connectivity index (χ0n) is 19.7. The summed E-state index contributed by atoms with van der Waals surface area (Å²) in [5.41, 5.74) is 5.03. The van der Waals surface area contributed by atoms with Crippen LogP contribution in [0.4, 0.5) is 5.69 Å². The molecule has 1 saturated carbocycles. The third kappa shape index (κ3) is 8.37. The van der Waals surface area contributed by atoms with E-state index >= 15 is 0 Å². The molecule has 0 atom stereocenters. The fraction of sp³-hybridized carbons (Fsp3) is 0.519. The number of ether oxygens (including phenoxy) is 1. The second-order valence-electron chi connectivity index (χ2n) is 8.66. The molecule has 1 aliphatic carbocycles. The van der Waals surface area contributed by atoms with Crippen molar-refractivity contribution in [3.05, 3.63) is 59.2 Å². The van der Waals surface area contributed by atoms with Gasteiger partial charge in [0.1, 0.15) is 0 Å². The molecule has 0 spiro atoms. The molecule has 0 radical (unpaired) electrons. The average molecular weight is 425 g/mol. The minimum atomic E-state index is 0.487. The van der Waals surface area contributed by atoms with Gasteiger partial charge in [0.15, 0.2) is 5.75 Å². The maximum absolute atomic E-state index is 10.5. The normalized spacial score (nSPS) is 14.0. The molecule has 3 rings (SSSR count). The monoisotopic (exact) mass is 424 g/mol. The number of carbonyl (C=O) groups is 1. The zero-order valence-corrected chi connectivity index (χ0v) is 19.7. The molecule has 170 valence electrons. The Kier molecular flexibility index (Phi) is 11.2. The number of anilines is 1. The summed E-state index contributed by atoms with van der Waals surface area (Å²) in [6.45, 7) is 6.05. The highest BCUT2D eigenvalue weighted by Crippen LogP contribution is 2.36. The summed E-state index contributed by atoms with van der Waals surface area (Å²) in [6, 6.07) is 15.1. The van der Waals surface area contributed by atoms with Gasteiger partial charge in [0, 0.05) is 7.05 Å². The van der Waals surface area contributed by atoms with E-state index in [0.717, 1.165) is 12.2 Å². The first-order valence-electron chi connectivity index (χ1n) is 11.7. The third-order valence-electron chi connectivity index (χ3n) is 6.07. The van der Waals surface area contributed by atoms with Crippen LogP contribution in [0, 0.1) is 0 Å². The Morgan fingerprint density at radius 3 is 2.32 bits per heavy atom. The molecular formula is C27H40N2O2. The maximum atomic E-state index is 10.5. The van der Waals surface area contributed by atoms with Gasteiger partial charge in [0.25, 0.3) is 6.47 Å². The fourth-order valence-corrected chi connectivity index (χ4v) is 4.12. The first kappa shape index (κ1) is 24.9. The second kappa shape index (κ2) is 13.9. The molecule has 1 aliphatic rings. The van der Waals surface area contributed by atoms with Gasteiger partial charge < -0.3 is 15.4 Å². The summed E-state index contributed by atoms with van der Waals surface area (Å²) >= 11 is 0. The molecule has 0 saturated heterocycles. The van der Waals surface area contributed by atoms with Gasteiger partial charge in [-0.15, -0.1) is 0 Å². The highest BCUT2D eigenvalue weighted by atomic mass is 16.5. The van der Waals surface area contributed by atoms with E-state index < -0.39 is 0 Å². The van der Waals surface area contributed by atoms with E-state index in [9.17, 15) is 4.79 Å². The third-order valence-corrected chi connectivity index (χ3v) is 6.07. The predicted molar refractivity (Wildman–Crippen MR) is 131 cm³/mol. The molecule has 0 heterocycles. The molecule has 31 heavy (non-hydrogen) atoms. The van der Waals surface area contributed by atoms with Crippen LogP contribution in [0.25, 0.3) is 0 Å². The van der Waals surface area contributed by atoms with Gasteiger partial charge in [-0.1, -0.05) is 63.4 Å². The van der Waals surface area contributed by atoms with E-state index in [1.165, 1.54) is 61.6 Å². The Morgan fingerprint density at radius 1 is 1.03 bits per heavy atom. The van der Waals surface area contributed by atoms with Crippen molar-refractivity contribution in [2.75, 3.05) is 26.0 Å². The molecule has 4 heteroatoms. The van der Waals surface area contributed by atoms with Crippen molar-refractivity contribution in [1.82, 2.24) is 5.32 Å². The largest absolute Gasteiger partial charge is 0.427 e. The number of nitrogens with one attached hydrogen (secondary N) is 2. The van der Waals surface area contributed by atoms with E-state index in [-0.39, 0.29) is 0 Å². The minimum Gasteiger partial charge on any atom is -0.427 e. The molecule has 0 amide bonds. The van der Waals surface area contributed by atoms with Gasteiger partial charge in [-0.2, -0.15) is 0 Å². The van der Waals surface area contributed by atoms with Crippen molar-refractivity contribution in [1.29, 1.82) is 0 Å². The van der Waals surface area contributed by atoms with Crippen LogP contribution in [-0.4, -0.2) is 27.1 Å². The van der Waals surface area contributed by atoms with Crippen LogP contribution in [-0.2, 0) is 11.2 Å². The van der Waals surface area contributed by atoms with E-state index in [1.807, 2.05) is 26.2 Å². The van der Waals surface area contributed by atoms with Gasteiger partial charge in [-0.25, -0.2) is 0 Å². The molecule has 1 fully saturated rings. The van der Waals surface area contributed by atoms with Gasteiger partial charge in [0.2, 0.25) is 0 Å². The van der Waals surface area contributed by atoms with Crippen LogP contribution >= 0.6 is 0 Å². The Labute approximate surface area is 188 Å². The van der Waals surface area contributed by atoms with E-state index in [4.69, 9.17) is 4.74 Å². The lowest BCUT2D eigenvalue weighted by molar-refractivity contribution is -0.120. The Morgan fingerprint density at radius 2 is 1.74 bits per heavy atom. The summed E-state index contributed by atoms with van der Waals surface area (Å²) in [5, 5.41) is 6.19. The lowest BCUT2D eigenvalue weighted by atomic mass is 9.84. The molecule has 2 aromatic rings. The first-order chi connectivity index (χ1) is 15.1. The first-order valence-corrected chi connectivity index (χ1v) is 11.7. The van der Waals surface area contributed by atoms with Crippen molar-refractivity contribution in [2.45, 2.75) is 70.6 Å². The van der Waals surface area contributed by atoms with E-state index in [1.54, 1.807) is 0 Å². The van der Waals surface area contributed by atoms with Gasteiger partial charge in [-0.05, 0) is 79.9 Å². The summed E-state index contributed by atoms with van der Waals surface area (Å²) in [4.78, 5) is 10.5.